The number of rotatable bonds is 2. The van der Waals surface area contributed by atoms with E-state index in [9.17, 15) is 25.2 Å². The molecule has 5 nitrogen and oxygen atoms in total. The van der Waals surface area contributed by atoms with Crippen molar-refractivity contribution < 1.29 is 25.2 Å². The normalized spacial score (nSPS) is 27.3. The summed E-state index contributed by atoms with van der Waals surface area (Å²) in [4.78, 5) is 11.0. The van der Waals surface area contributed by atoms with Gasteiger partial charge in [-0.05, 0) is 18.2 Å². The second kappa shape index (κ2) is 4.29. The molecule has 5 heteroatoms. The summed E-state index contributed by atoms with van der Waals surface area (Å²) in [6, 6.07) is 5.77. The highest BCUT2D eigenvalue weighted by Crippen LogP contribution is 2.40. The van der Waals surface area contributed by atoms with Gasteiger partial charge in [0.1, 0.15) is 17.6 Å². The molecule has 0 fully saturated rings. The van der Waals surface area contributed by atoms with Crippen molar-refractivity contribution in [1.82, 2.24) is 0 Å². The number of carbonyl (C=O) groups excluding carboxylic acids is 1. The predicted octanol–water partition coefficient (Wildman–Crippen LogP) is 0.521. The number of aliphatic hydroxyl groups excluding tert-OH is 2. The fourth-order valence-electron chi connectivity index (χ4n) is 2.02. The lowest BCUT2D eigenvalue weighted by atomic mass is 9.78. The van der Waals surface area contributed by atoms with Crippen LogP contribution in [-0.2, 0) is 10.4 Å². The lowest BCUT2D eigenvalue weighted by Gasteiger charge is -2.34. The molecule has 1 aromatic rings. The number of hydrogen-bond acceptors (Lipinski definition) is 5. The first-order valence-electron chi connectivity index (χ1n) is 5.27. The second-order valence-electron chi connectivity index (χ2n) is 4.00. The SMILES string of the molecule is O=CC1=C(O)C=CC(O)C1(O)c1ccccc1O. The maximum atomic E-state index is 11.0. The van der Waals surface area contributed by atoms with Crippen LogP contribution in [0.2, 0.25) is 0 Å². The molecule has 0 spiro atoms. The number of aromatic hydroxyl groups is 1. The van der Waals surface area contributed by atoms with Gasteiger partial charge in [-0.15, -0.1) is 0 Å². The molecule has 2 unspecified atom stereocenters. The number of allylic oxidation sites excluding steroid dienone is 1. The van der Waals surface area contributed by atoms with Crippen LogP contribution >= 0.6 is 0 Å². The van der Waals surface area contributed by atoms with Crippen LogP contribution in [0.25, 0.3) is 0 Å². The van der Waals surface area contributed by atoms with Crippen molar-refractivity contribution in [2.45, 2.75) is 11.7 Å². The van der Waals surface area contributed by atoms with Gasteiger partial charge in [0.05, 0.1) is 5.57 Å². The number of benzene rings is 1. The van der Waals surface area contributed by atoms with Crippen molar-refractivity contribution >= 4 is 6.29 Å². The number of para-hydroxylation sites is 1. The molecular weight excluding hydrogens is 236 g/mol. The van der Waals surface area contributed by atoms with Crippen LogP contribution in [0.5, 0.6) is 5.75 Å². The van der Waals surface area contributed by atoms with Crippen LogP contribution in [0, 0.1) is 0 Å². The molecule has 0 amide bonds. The van der Waals surface area contributed by atoms with Gasteiger partial charge in [0.15, 0.2) is 11.9 Å². The smallest absolute Gasteiger partial charge is 0.154 e. The van der Waals surface area contributed by atoms with E-state index < -0.39 is 17.5 Å². The fourth-order valence-corrected chi connectivity index (χ4v) is 2.02. The van der Waals surface area contributed by atoms with E-state index in [0.717, 1.165) is 12.2 Å². The first kappa shape index (κ1) is 12.3. The molecule has 0 aromatic heterocycles. The lowest BCUT2D eigenvalue weighted by Crippen LogP contribution is -2.43. The van der Waals surface area contributed by atoms with Gasteiger partial charge in [-0.25, -0.2) is 0 Å². The highest BCUT2D eigenvalue weighted by molar-refractivity contribution is 5.80. The summed E-state index contributed by atoms with van der Waals surface area (Å²) in [5, 5.41) is 39.7. The molecule has 94 valence electrons. The summed E-state index contributed by atoms with van der Waals surface area (Å²) in [7, 11) is 0. The molecule has 4 N–H and O–H groups in total. The summed E-state index contributed by atoms with van der Waals surface area (Å²) < 4.78 is 0. The van der Waals surface area contributed by atoms with Crippen molar-refractivity contribution in [3.05, 3.63) is 53.3 Å². The van der Waals surface area contributed by atoms with Crippen LogP contribution < -0.4 is 0 Å². The first-order valence-corrected chi connectivity index (χ1v) is 5.27. The van der Waals surface area contributed by atoms with Crippen molar-refractivity contribution in [2.24, 2.45) is 0 Å². The van der Waals surface area contributed by atoms with Gasteiger partial charge in [-0.1, -0.05) is 18.2 Å². The molecule has 0 saturated carbocycles. The Balaban J connectivity index is 2.69. The van der Waals surface area contributed by atoms with E-state index in [4.69, 9.17) is 0 Å². The number of aldehydes is 1. The zero-order chi connectivity index (χ0) is 13.3. The van der Waals surface area contributed by atoms with E-state index in [1.807, 2.05) is 0 Å². The molecular formula is C13H12O5. The highest BCUT2D eigenvalue weighted by atomic mass is 16.3. The van der Waals surface area contributed by atoms with Crippen molar-refractivity contribution in [3.8, 4) is 5.75 Å². The summed E-state index contributed by atoms with van der Waals surface area (Å²) in [6.45, 7) is 0. The molecule has 1 aliphatic carbocycles. The molecule has 1 aromatic carbocycles. The Kier molecular flexibility index (Phi) is 2.94. The van der Waals surface area contributed by atoms with E-state index in [0.29, 0.717) is 0 Å². The Morgan fingerprint density at radius 2 is 1.89 bits per heavy atom. The van der Waals surface area contributed by atoms with E-state index in [1.165, 1.54) is 24.3 Å². The fraction of sp³-hybridized carbons (Fsp3) is 0.154. The van der Waals surface area contributed by atoms with E-state index >= 15 is 0 Å². The maximum absolute atomic E-state index is 11.0. The Bertz CT molecular complexity index is 546. The van der Waals surface area contributed by atoms with Gasteiger partial charge >= 0.3 is 0 Å². The average molecular weight is 248 g/mol. The molecule has 1 aliphatic rings. The van der Waals surface area contributed by atoms with E-state index in [-0.39, 0.29) is 23.2 Å². The molecule has 0 bridgehead atoms. The molecule has 0 heterocycles. The Hall–Kier alpha value is -2.11. The monoisotopic (exact) mass is 248 g/mol. The number of phenolic OH excluding ortho intramolecular Hbond substituents is 1. The zero-order valence-corrected chi connectivity index (χ0v) is 9.32. The largest absolute Gasteiger partial charge is 0.508 e. The number of aliphatic hydroxyl groups is 3. The van der Waals surface area contributed by atoms with Crippen LogP contribution in [0.4, 0.5) is 0 Å². The van der Waals surface area contributed by atoms with E-state index in [2.05, 4.69) is 0 Å². The quantitative estimate of drug-likeness (QED) is 0.572. The molecule has 0 radical (unpaired) electrons. The zero-order valence-electron chi connectivity index (χ0n) is 9.32. The third-order valence-electron chi connectivity index (χ3n) is 2.98. The molecule has 0 aliphatic heterocycles. The van der Waals surface area contributed by atoms with E-state index in [1.54, 1.807) is 0 Å². The predicted molar refractivity (Wildman–Crippen MR) is 62.9 cm³/mol. The van der Waals surface area contributed by atoms with Crippen molar-refractivity contribution in [2.75, 3.05) is 0 Å². The van der Waals surface area contributed by atoms with Gasteiger partial charge in [0, 0.05) is 5.56 Å². The summed E-state index contributed by atoms with van der Waals surface area (Å²) >= 11 is 0. The van der Waals surface area contributed by atoms with Crippen LogP contribution in [0.3, 0.4) is 0 Å². The highest BCUT2D eigenvalue weighted by Gasteiger charge is 2.45. The summed E-state index contributed by atoms with van der Waals surface area (Å²) in [5.74, 6) is -0.720. The van der Waals surface area contributed by atoms with Gasteiger partial charge in [-0.2, -0.15) is 0 Å². The van der Waals surface area contributed by atoms with Crippen molar-refractivity contribution in [3.63, 3.8) is 0 Å². The first-order chi connectivity index (χ1) is 8.51. The van der Waals surface area contributed by atoms with Crippen LogP contribution in [-0.4, -0.2) is 32.8 Å². The van der Waals surface area contributed by atoms with Gasteiger partial charge < -0.3 is 20.4 Å². The standard InChI is InChI=1S/C13H12O5/c14-7-9-11(16)5-6-12(17)13(9,18)8-3-1-2-4-10(8)15/h1-7,12,15-18H. The van der Waals surface area contributed by atoms with Crippen molar-refractivity contribution in [1.29, 1.82) is 0 Å². The molecule has 2 atom stereocenters. The van der Waals surface area contributed by atoms with Crippen LogP contribution in [0.1, 0.15) is 5.56 Å². The third kappa shape index (κ3) is 1.61. The Labute approximate surface area is 103 Å². The lowest BCUT2D eigenvalue weighted by molar-refractivity contribution is -0.110. The Morgan fingerprint density at radius 3 is 2.50 bits per heavy atom. The summed E-state index contributed by atoms with van der Waals surface area (Å²) in [5.41, 5.74) is -2.60. The third-order valence-corrected chi connectivity index (χ3v) is 2.98. The minimum Gasteiger partial charge on any atom is -0.508 e. The Morgan fingerprint density at radius 1 is 1.22 bits per heavy atom. The van der Waals surface area contributed by atoms with Crippen LogP contribution in [0.15, 0.2) is 47.7 Å². The topological polar surface area (TPSA) is 98.0 Å². The number of phenols is 1. The van der Waals surface area contributed by atoms with Gasteiger partial charge in [0.25, 0.3) is 0 Å². The second-order valence-corrected chi connectivity index (χ2v) is 4.00. The minimum atomic E-state index is -2.16. The molecule has 0 saturated heterocycles. The average Bonchev–Trinajstić information content (AvgIpc) is 2.35. The number of carbonyl (C=O) groups is 1. The summed E-state index contributed by atoms with van der Waals surface area (Å²) in [6.07, 6.45) is 1.09. The van der Waals surface area contributed by atoms with Gasteiger partial charge in [-0.3, -0.25) is 4.79 Å². The van der Waals surface area contributed by atoms with Gasteiger partial charge in [0.2, 0.25) is 0 Å². The minimum absolute atomic E-state index is 0.0458. The molecule has 18 heavy (non-hydrogen) atoms. The maximum Gasteiger partial charge on any atom is 0.154 e. The molecule has 2 rings (SSSR count). The number of hydrogen-bond donors (Lipinski definition) is 4.